The van der Waals surface area contributed by atoms with Crippen LogP contribution in [0.3, 0.4) is 0 Å². The molecule has 1 spiro atoms. The molecule has 0 bridgehead atoms. The summed E-state index contributed by atoms with van der Waals surface area (Å²) in [5.74, 6) is -2.54. The van der Waals surface area contributed by atoms with Crippen LogP contribution in [0.1, 0.15) is 50.1 Å². The number of alkyl halides is 2. The summed E-state index contributed by atoms with van der Waals surface area (Å²) in [6.45, 7) is 2.65. The summed E-state index contributed by atoms with van der Waals surface area (Å²) >= 11 is 0. The molecule has 6 rings (SSSR count). The first-order valence-electron chi connectivity index (χ1n) is 14.4. The summed E-state index contributed by atoms with van der Waals surface area (Å²) in [5, 5.41) is 15.5. The molecule has 1 aliphatic carbocycles. The molecule has 216 valence electrons. The maximum Gasteiger partial charge on any atom is 0.320 e. The number of hydrogen-bond acceptors (Lipinski definition) is 6. The molecule has 11 heteroatoms. The first-order valence-corrected chi connectivity index (χ1v) is 14.4. The lowest BCUT2D eigenvalue weighted by Crippen LogP contribution is -2.64. The normalized spacial score (nSPS) is 27.9. The molecule has 0 radical (unpaired) electrons. The molecule has 40 heavy (non-hydrogen) atoms. The van der Waals surface area contributed by atoms with E-state index < -0.39 is 23.5 Å². The number of aromatic nitrogens is 2. The van der Waals surface area contributed by atoms with E-state index in [1.54, 1.807) is 0 Å². The van der Waals surface area contributed by atoms with Crippen molar-refractivity contribution in [2.24, 2.45) is 5.41 Å². The SMILES string of the molecule is O=C(N1CCC(O)(Cn2cnc(N3CCC(F)(F)C3)cc2=O)C2(CCCC2)C1)N1CCNCC1c1ccccc1. The third-order valence-electron chi connectivity index (χ3n) is 9.57. The number of piperidine rings is 1. The van der Waals surface area contributed by atoms with Gasteiger partial charge in [-0.15, -0.1) is 0 Å². The van der Waals surface area contributed by atoms with Crippen LogP contribution in [0.4, 0.5) is 19.4 Å². The Bertz CT molecular complexity index is 1280. The van der Waals surface area contributed by atoms with Crippen LogP contribution in [0, 0.1) is 5.41 Å². The van der Waals surface area contributed by atoms with Gasteiger partial charge in [-0.2, -0.15) is 0 Å². The highest BCUT2D eigenvalue weighted by Gasteiger charge is 2.56. The van der Waals surface area contributed by atoms with E-state index in [9.17, 15) is 23.5 Å². The third kappa shape index (κ3) is 4.98. The minimum absolute atomic E-state index is 0.00530. The topological polar surface area (TPSA) is 93.9 Å². The van der Waals surface area contributed by atoms with Crippen molar-refractivity contribution in [3.8, 4) is 0 Å². The number of carbonyl (C=O) groups excluding carboxylic acids is 1. The lowest BCUT2D eigenvalue weighted by atomic mass is 9.66. The van der Waals surface area contributed by atoms with E-state index in [4.69, 9.17) is 0 Å². The van der Waals surface area contributed by atoms with E-state index in [0.717, 1.165) is 37.8 Å². The van der Waals surface area contributed by atoms with Gasteiger partial charge < -0.3 is 25.1 Å². The number of nitrogens with zero attached hydrogens (tertiary/aromatic N) is 5. The monoisotopic (exact) mass is 556 g/mol. The van der Waals surface area contributed by atoms with Crippen LogP contribution in [-0.2, 0) is 6.54 Å². The second kappa shape index (κ2) is 10.4. The van der Waals surface area contributed by atoms with Gasteiger partial charge in [-0.1, -0.05) is 43.2 Å². The number of anilines is 1. The Morgan fingerprint density at radius 1 is 1.05 bits per heavy atom. The standard InChI is InChI=1S/C29H38F2N6O3/c30-29(31)11-14-34(20-29)24-16-25(38)36(21-33-24)19-28(40)10-13-35(18-27(28)8-4-5-9-27)26(39)37-15-12-32-17-23(37)22-6-2-1-3-7-22/h1-3,6-7,16,21,23,32,40H,4-5,8-15,17-20H2. The zero-order chi connectivity index (χ0) is 28.0. The van der Waals surface area contributed by atoms with Crippen LogP contribution in [0.2, 0.25) is 0 Å². The molecular weight excluding hydrogens is 518 g/mol. The fourth-order valence-corrected chi connectivity index (χ4v) is 7.27. The summed E-state index contributed by atoms with van der Waals surface area (Å²) in [6, 6.07) is 11.3. The zero-order valence-corrected chi connectivity index (χ0v) is 22.8. The molecule has 3 saturated heterocycles. The molecule has 4 fully saturated rings. The van der Waals surface area contributed by atoms with Crippen molar-refractivity contribution < 1.29 is 18.7 Å². The number of piperazine rings is 1. The van der Waals surface area contributed by atoms with Crippen molar-refractivity contribution in [3.05, 3.63) is 58.6 Å². The number of likely N-dealkylation sites (tertiary alicyclic amines) is 1. The van der Waals surface area contributed by atoms with Crippen LogP contribution < -0.4 is 15.8 Å². The average molecular weight is 557 g/mol. The van der Waals surface area contributed by atoms with Crippen molar-refractivity contribution >= 4 is 11.8 Å². The summed E-state index contributed by atoms with van der Waals surface area (Å²) in [7, 11) is 0. The third-order valence-corrected chi connectivity index (χ3v) is 9.57. The lowest BCUT2D eigenvalue weighted by molar-refractivity contribution is -0.137. The van der Waals surface area contributed by atoms with Crippen LogP contribution in [0.15, 0.2) is 47.5 Å². The van der Waals surface area contributed by atoms with E-state index in [2.05, 4.69) is 22.4 Å². The van der Waals surface area contributed by atoms with Gasteiger partial charge in [-0.25, -0.2) is 18.6 Å². The van der Waals surface area contributed by atoms with Gasteiger partial charge in [0.2, 0.25) is 0 Å². The molecular formula is C29H38F2N6O3. The number of carbonyl (C=O) groups is 1. The molecule has 2 atom stereocenters. The molecule has 3 aliphatic heterocycles. The maximum atomic E-state index is 13.9. The summed E-state index contributed by atoms with van der Waals surface area (Å²) in [6.07, 6.45) is 4.94. The average Bonchev–Trinajstić information content (AvgIpc) is 3.58. The molecule has 2 unspecified atom stereocenters. The fourth-order valence-electron chi connectivity index (χ4n) is 7.27. The Hall–Kier alpha value is -3.05. The molecule has 1 saturated carbocycles. The first-order chi connectivity index (χ1) is 19.2. The summed E-state index contributed by atoms with van der Waals surface area (Å²) < 4.78 is 28.8. The van der Waals surface area contributed by atoms with Gasteiger partial charge in [-0.3, -0.25) is 9.36 Å². The highest BCUT2D eigenvalue weighted by Crippen LogP contribution is 2.51. The highest BCUT2D eigenvalue weighted by atomic mass is 19.3. The molecule has 9 nitrogen and oxygen atoms in total. The van der Waals surface area contributed by atoms with E-state index in [1.165, 1.54) is 21.9 Å². The molecule has 4 heterocycles. The Balaban J connectivity index is 1.20. The number of urea groups is 1. The van der Waals surface area contributed by atoms with Crippen LogP contribution in [0.25, 0.3) is 0 Å². The van der Waals surface area contributed by atoms with Gasteiger partial charge in [0.15, 0.2) is 0 Å². The molecule has 1 aromatic heterocycles. The van der Waals surface area contributed by atoms with Crippen molar-refractivity contribution in [2.45, 2.75) is 62.6 Å². The number of halogens is 2. The maximum absolute atomic E-state index is 13.9. The largest absolute Gasteiger partial charge is 0.387 e. The fraction of sp³-hybridized carbons (Fsp3) is 0.621. The minimum atomic E-state index is -2.78. The minimum Gasteiger partial charge on any atom is -0.387 e. The van der Waals surface area contributed by atoms with Gasteiger partial charge in [0.1, 0.15) is 5.82 Å². The van der Waals surface area contributed by atoms with Crippen molar-refractivity contribution in [2.75, 3.05) is 50.7 Å². The van der Waals surface area contributed by atoms with E-state index in [-0.39, 0.29) is 43.0 Å². The van der Waals surface area contributed by atoms with Crippen molar-refractivity contribution in [3.63, 3.8) is 0 Å². The lowest BCUT2D eigenvalue weighted by Gasteiger charge is -2.53. The molecule has 2 aromatic rings. The van der Waals surface area contributed by atoms with E-state index >= 15 is 0 Å². The number of amides is 2. The Morgan fingerprint density at radius 2 is 1.82 bits per heavy atom. The summed E-state index contributed by atoms with van der Waals surface area (Å²) in [4.78, 5) is 36.6. The smallest absolute Gasteiger partial charge is 0.320 e. The van der Waals surface area contributed by atoms with Gasteiger partial charge in [0.05, 0.1) is 31.1 Å². The first kappa shape index (κ1) is 27.1. The number of rotatable bonds is 4. The zero-order valence-electron chi connectivity index (χ0n) is 22.8. The number of hydrogen-bond donors (Lipinski definition) is 2. The van der Waals surface area contributed by atoms with Crippen LogP contribution in [-0.4, -0.2) is 87.8 Å². The Kier molecular flexibility index (Phi) is 7.06. The molecule has 4 aliphatic rings. The van der Waals surface area contributed by atoms with Crippen molar-refractivity contribution in [1.29, 1.82) is 0 Å². The van der Waals surface area contributed by atoms with Gasteiger partial charge in [0.25, 0.3) is 11.5 Å². The van der Waals surface area contributed by atoms with Gasteiger partial charge >= 0.3 is 6.03 Å². The van der Waals surface area contributed by atoms with Gasteiger partial charge in [-0.05, 0) is 24.8 Å². The quantitative estimate of drug-likeness (QED) is 0.602. The predicted octanol–water partition coefficient (Wildman–Crippen LogP) is 2.85. The van der Waals surface area contributed by atoms with Crippen molar-refractivity contribution in [1.82, 2.24) is 24.7 Å². The van der Waals surface area contributed by atoms with Crippen LogP contribution >= 0.6 is 0 Å². The second-order valence-electron chi connectivity index (χ2n) is 12.0. The number of aliphatic hydroxyl groups is 1. The summed E-state index contributed by atoms with van der Waals surface area (Å²) in [5.41, 5.74) is -0.977. The Morgan fingerprint density at radius 3 is 2.52 bits per heavy atom. The highest BCUT2D eigenvalue weighted by molar-refractivity contribution is 5.75. The van der Waals surface area contributed by atoms with Crippen LogP contribution in [0.5, 0.6) is 0 Å². The Labute approximate surface area is 232 Å². The number of benzene rings is 1. The second-order valence-corrected chi connectivity index (χ2v) is 12.0. The van der Waals surface area contributed by atoms with E-state index in [1.807, 2.05) is 28.0 Å². The molecule has 1 aromatic carbocycles. The predicted molar refractivity (Wildman–Crippen MR) is 146 cm³/mol. The number of nitrogens with one attached hydrogen (secondary N) is 1. The molecule has 2 amide bonds. The van der Waals surface area contributed by atoms with Gasteiger partial charge in [0, 0.05) is 57.2 Å². The van der Waals surface area contributed by atoms with E-state index in [0.29, 0.717) is 32.6 Å². The molecule has 2 N–H and O–H groups in total.